The molecule has 92 valence electrons. The third kappa shape index (κ3) is 1.81. The molecule has 0 amide bonds. The highest BCUT2D eigenvalue weighted by atomic mass is 19.1. The van der Waals surface area contributed by atoms with Crippen LogP contribution in [0.3, 0.4) is 0 Å². The first-order chi connectivity index (χ1) is 8.65. The SMILES string of the molecule is NC1CCc2cc(-c3cc(F)ccc3F)ccc21. The number of rotatable bonds is 1. The van der Waals surface area contributed by atoms with Gasteiger partial charge in [-0.2, -0.15) is 0 Å². The summed E-state index contributed by atoms with van der Waals surface area (Å²) in [7, 11) is 0. The summed E-state index contributed by atoms with van der Waals surface area (Å²) in [6.45, 7) is 0. The highest BCUT2D eigenvalue weighted by Gasteiger charge is 2.19. The second-order valence-corrected chi connectivity index (χ2v) is 4.68. The number of nitrogens with two attached hydrogens (primary N) is 1. The van der Waals surface area contributed by atoms with Crippen molar-refractivity contribution in [1.82, 2.24) is 0 Å². The summed E-state index contributed by atoms with van der Waals surface area (Å²) in [5, 5.41) is 0. The molecule has 0 aromatic heterocycles. The number of fused-ring (bicyclic) bond motifs is 1. The van der Waals surface area contributed by atoms with E-state index in [0.717, 1.165) is 36.1 Å². The first-order valence-corrected chi connectivity index (χ1v) is 5.99. The van der Waals surface area contributed by atoms with Gasteiger partial charge in [-0.05, 0) is 47.7 Å². The lowest BCUT2D eigenvalue weighted by Gasteiger charge is -2.08. The second kappa shape index (κ2) is 4.18. The predicted octanol–water partition coefficient (Wildman–Crippen LogP) is 3.58. The Morgan fingerprint density at radius 1 is 1.06 bits per heavy atom. The summed E-state index contributed by atoms with van der Waals surface area (Å²) >= 11 is 0. The lowest BCUT2D eigenvalue weighted by Crippen LogP contribution is -2.04. The summed E-state index contributed by atoms with van der Waals surface area (Å²) in [5.74, 6) is -0.831. The van der Waals surface area contributed by atoms with Crippen molar-refractivity contribution in [2.24, 2.45) is 5.73 Å². The smallest absolute Gasteiger partial charge is 0.131 e. The van der Waals surface area contributed by atoms with E-state index in [1.165, 1.54) is 6.07 Å². The van der Waals surface area contributed by atoms with Gasteiger partial charge in [0.1, 0.15) is 11.6 Å². The van der Waals surface area contributed by atoms with E-state index >= 15 is 0 Å². The van der Waals surface area contributed by atoms with Crippen molar-refractivity contribution in [3.8, 4) is 11.1 Å². The molecule has 0 saturated carbocycles. The van der Waals surface area contributed by atoms with Gasteiger partial charge in [-0.1, -0.05) is 18.2 Å². The molecule has 1 atom stereocenters. The van der Waals surface area contributed by atoms with Crippen molar-refractivity contribution >= 4 is 0 Å². The van der Waals surface area contributed by atoms with Crippen molar-refractivity contribution < 1.29 is 8.78 Å². The number of halogens is 2. The average molecular weight is 245 g/mol. The van der Waals surface area contributed by atoms with Gasteiger partial charge in [0.05, 0.1) is 0 Å². The standard InChI is InChI=1S/C15H13F2N/c16-11-3-5-14(17)13(8-11)10-1-4-12-9(7-10)2-6-15(12)18/h1,3-5,7-8,15H,2,6,18H2. The van der Waals surface area contributed by atoms with Crippen LogP contribution >= 0.6 is 0 Å². The molecule has 1 nitrogen and oxygen atoms in total. The Labute approximate surface area is 104 Å². The molecule has 0 bridgehead atoms. The first kappa shape index (κ1) is 11.4. The Morgan fingerprint density at radius 3 is 2.72 bits per heavy atom. The molecule has 2 N–H and O–H groups in total. The first-order valence-electron chi connectivity index (χ1n) is 5.99. The summed E-state index contributed by atoms with van der Waals surface area (Å²) < 4.78 is 26.9. The maximum absolute atomic E-state index is 13.7. The van der Waals surface area contributed by atoms with Crippen LogP contribution in [0.15, 0.2) is 36.4 Å². The minimum atomic E-state index is -0.427. The predicted molar refractivity (Wildman–Crippen MR) is 67.0 cm³/mol. The van der Waals surface area contributed by atoms with E-state index in [1.807, 2.05) is 18.2 Å². The number of benzene rings is 2. The average Bonchev–Trinajstić information content (AvgIpc) is 2.74. The Kier molecular flexibility index (Phi) is 2.63. The number of hydrogen-bond acceptors (Lipinski definition) is 1. The van der Waals surface area contributed by atoms with E-state index < -0.39 is 11.6 Å². The van der Waals surface area contributed by atoms with Crippen molar-refractivity contribution in [3.05, 3.63) is 59.2 Å². The zero-order chi connectivity index (χ0) is 12.7. The van der Waals surface area contributed by atoms with Crippen LogP contribution in [0.5, 0.6) is 0 Å². The quantitative estimate of drug-likeness (QED) is 0.816. The zero-order valence-electron chi connectivity index (χ0n) is 9.79. The topological polar surface area (TPSA) is 26.0 Å². The maximum atomic E-state index is 13.7. The Morgan fingerprint density at radius 2 is 1.89 bits per heavy atom. The van der Waals surface area contributed by atoms with Gasteiger partial charge in [-0.3, -0.25) is 0 Å². The molecule has 0 radical (unpaired) electrons. The monoisotopic (exact) mass is 245 g/mol. The molecule has 1 aliphatic rings. The summed E-state index contributed by atoms with van der Waals surface area (Å²) in [5.41, 5.74) is 9.23. The lowest BCUT2D eigenvalue weighted by atomic mass is 9.99. The van der Waals surface area contributed by atoms with Gasteiger partial charge < -0.3 is 5.73 Å². The Hall–Kier alpha value is -1.74. The van der Waals surface area contributed by atoms with Crippen molar-refractivity contribution in [2.45, 2.75) is 18.9 Å². The van der Waals surface area contributed by atoms with Crippen LogP contribution in [0, 0.1) is 11.6 Å². The van der Waals surface area contributed by atoms with E-state index in [-0.39, 0.29) is 6.04 Å². The molecule has 2 aromatic rings. The molecule has 2 aromatic carbocycles. The minimum absolute atomic E-state index is 0.0754. The second-order valence-electron chi connectivity index (χ2n) is 4.68. The highest BCUT2D eigenvalue weighted by Crippen LogP contribution is 2.33. The number of aryl methyl sites for hydroxylation is 1. The summed E-state index contributed by atoms with van der Waals surface area (Å²) in [6.07, 6.45) is 1.83. The van der Waals surface area contributed by atoms with Gasteiger partial charge in [0.15, 0.2) is 0 Å². The van der Waals surface area contributed by atoms with Crippen LogP contribution in [0.25, 0.3) is 11.1 Å². The molecule has 0 fully saturated rings. The lowest BCUT2D eigenvalue weighted by molar-refractivity contribution is 0.603. The van der Waals surface area contributed by atoms with Crippen LogP contribution in [0.1, 0.15) is 23.6 Å². The van der Waals surface area contributed by atoms with Crippen LogP contribution in [-0.4, -0.2) is 0 Å². The van der Waals surface area contributed by atoms with Crippen LogP contribution < -0.4 is 5.73 Å². The molecule has 0 spiro atoms. The van der Waals surface area contributed by atoms with E-state index in [4.69, 9.17) is 5.73 Å². The summed E-state index contributed by atoms with van der Waals surface area (Å²) in [4.78, 5) is 0. The van der Waals surface area contributed by atoms with Gasteiger partial charge in [-0.15, -0.1) is 0 Å². The van der Waals surface area contributed by atoms with Gasteiger partial charge in [-0.25, -0.2) is 8.78 Å². The zero-order valence-corrected chi connectivity index (χ0v) is 9.79. The third-order valence-corrected chi connectivity index (χ3v) is 3.51. The van der Waals surface area contributed by atoms with E-state index in [1.54, 1.807) is 0 Å². The molecular weight excluding hydrogens is 232 g/mol. The molecule has 1 aliphatic carbocycles. The fourth-order valence-corrected chi connectivity index (χ4v) is 2.54. The molecule has 0 aliphatic heterocycles. The third-order valence-electron chi connectivity index (χ3n) is 3.51. The molecule has 0 heterocycles. The summed E-state index contributed by atoms with van der Waals surface area (Å²) in [6, 6.07) is 9.23. The van der Waals surface area contributed by atoms with Crippen molar-refractivity contribution in [1.29, 1.82) is 0 Å². The van der Waals surface area contributed by atoms with Gasteiger partial charge in [0.2, 0.25) is 0 Å². The van der Waals surface area contributed by atoms with E-state index in [2.05, 4.69) is 0 Å². The Bertz CT molecular complexity index is 607. The highest BCUT2D eigenvalue weighted by molar-refractivity contribution is 5.66. The van der Waals surface area contributed by atoms with E-state index in [9.17, 15) is 8.78 Å². The molecule has 18 heavy (non-hydrogen) atoms. The number of hydrogen-bond donors (Lipinski definition) is 1. The normalized spacial score (nSPS) is 17.8. The molecule has 3 heteroatoms. The fourth-order valence-electron chi connectivity index (χ4n) is 2.54. The molecular formula is C15H13F2N. The maximum Gasteiger partial charge on any atom is 0.131 e. The molecule has 3 rings (SSSR count). The van der Waals surface area contributed by atoms with Gasteiger partial charge in [0, 0.05) is 11.6 Å². The van der Waals surface area contributed by atoms with E-state index in [0.29, 0.717) is 11.1 Å². The van der Waals surface area contributed by atoms with Gasteiger partial charge in [0.25, 0.3) is 0 Å². The van der Waals surface area contributed by atoms with Crippen LogP contribution in [0.2, 0.25) is 0 Å². The molecule has 1 unspecified atom stereocenters. The van der Waals surface area contributed by atoms with Crippen LogP contribution in [-0.2, 0) is 6.42 Å². The fraction of sp³-hybridized carbons (Fsp3) is 0.200. The van der Waals surface area contributed by atoms with Crippen molar-refractivity contribution in [2.75, 3.05) is 0 Å². The van der Waals surface area contributed by atoms with Crippen molar-refractivity contribution in [3.63, 3.8) is 0 Å². The van der Waals surface area contributed by atoms with Crippen LogP contribution in [0.4, 0.5) is 8.78 Å². The largest absolute Gasteiger partial charge is 0.324 e. The Balaban J connectivity index is 2.10. The minimum Gasteiger partial charge on any atom is -0.324 e. The van der Waals surface area contributed by atoms with Gasteiger partial charge >= 0.3 is 0 Å². The molecule has 0 saturated heterocycles.